The van der Waals surface area contributed by atoms with Gasteiger partial charge in [-0.2, -0.15) is 0 Å². The first-order valence-electron chi connectivity index (χ1n) is 7.92. The summed E-state index contributed by atoms with van der Waals surface area (Å²) >= 11 is 0. The Kier molecular flexibility index (Phi) is 3.56. The van der Waals surface area contributed by atoms with Gasteiger partial charge in [-0.3, -0.25) is 0 Å². The van der Waals surface area contributed by atoms with Crippen LogP contribution in [0.1, 0.15) is 40.0 Å². The third-order valence-corrected chi connectivity index (χ3v) is 4.65. The predicted octanol–water partition coefficient (Wildman–Crippen LogP) is 5.17. The van der Waals surface area contributed by atoms with E-state index in [9.17, 15) is 5.11 Å². The Balaban J connectivity index is 1.90. The molecule has 3 rings (SSSR count). The molecule has 0 aromatic heterocycles. The van der Waals surface area contributed by atoms with Crippen molar-refractivity contribution >= 4 is 16.5 Å². The summed E-state index contributed by atoms with van der Waals surface area (Å²) in [5, 5.41) is 15.8. The summed E-state index contributed by atoms with van der Waals surface area (Å²) in [7, 11) is 0. The van der Waals surface area contributed by atoms with Crippen molar-refractivity contribution in [1.29, 1.82) is 0 Å². The Morgan fingerprint density at radius 2 is 1.76 bits per heavy atom. The molecule has 1 saturated carbocycles. The molecule has 2 atom stereocenters. The van der Waals surface area contributed by atoms with E-state index in [0.29, 0.717) is 17.2 Å². The number of aromatic hydroxyl groups is 1. The van der Waals surface area contributed by atoms with Crippen molar-refractivity contribution in [3.63, 3.8) is 0 Å². The van der Waals surface area contributed by atoms with E-state index in [0.717, 1.165) is 22.4 Å². The number of fused-ring (bicyclic) bond motifs is 1. The van der Waals surface area contributed by atoms with Gasteiger partial charge in [0.2, 0.25) is 0 Å². The molecule has 2 aromatic carbocycles. The molecule has 1 aliphatic rings. The average molecular weight is 283 g/mol. The third kappa shape index (κ3) is 2.99. The van der Waals surface area contributed by atoms with Crippen LogP contribution >= 0.6 is 0 Å². The van der Waals surface area contributed by atoms with Crippen molar-refractivity contribution in [1.82, 2.24) is 0 Å². The minimum absolute atomic E-state index is 0.355. The van der Waals surface area contributed by atoms with Crippen LogP contribution in [0, 0.1) is 11.3 Å². The SMILES string of the molecule is CC1CC(Nc2cccc3c(O)cccc23)CC(C)(C)C1. The van der Waals surface area contributed by atoms with Crippen LogP contribution in [0.4, 0.5) is 5.69 Å². The molecule has 2 nitrogen and oxygen atoms in total. The molecule has 0 amide bonds. The topological polar surface area (TPSA) is 32.3 Å². The Hall–Kier alpha value is -1.70. The van der Waals surface area contributed by atoms with Gasteiger partial charge in [0, 0.05) is 22.5 Å². The highest BCUT2D eigenvalue weighted by atomic mass is 16.3. The lowest BCUT2D eigenvalue weighted by atomic mass is 9.70. The van der Waals surface area contributed by atoms with Crippen LogP contribution < -0.4 is 5.32 Å². The van der Waals surface area contributed by atoms with E-state index in [1.165, 1.54) is 19.3 Å². The number of phenols is 1. The van der Waals surface area contributed by atoms with Crippen molar-refractivity contribution < 1.29 is 5.11 Å². The maximum atomic E-state index is 10.00. The fourth-order valence-corrected chi connectivity index (χ4v) is 4.10. The molecule has 2 aromatic rings. The van der Waals surface area contributed by atoms with Gasteiger partial charge in [0.25, 0.3) is 0 Å². The first-order valence-corrected chi connectivity index (χ1v) is 7.92. The highest BCUT2D eigenvalue weighted by Crippen LogP contribution is 2.40. The molecule has 2 N–H and O–H groups in total. The van der Waals surface area contributed by atoms with Gasteiger partial charge < -0.3 is 10.4 Å². The zero-order valence-corrected chi connectivity index (χ0v) is 13.2. The second-order valence-corrected chi connectivity index (χ2v) is 7.43. The van der Waals surface area contributed by atoms with E-state index in [4.69, 9.17) is 0 Å². The van der Waals surface area contributed by atoms with Crippen molar-refractivity contribution in [3.05, 3.63) is 36.4 Å². The fraction of sp³-hybridized carbons (Fsp3) is 0.474. The van der Waals surface area contributed by atoms with Gasteiger partial charge in [0.1, 0.15) is 5.75 Å². The molecule has 2 unspecified atom stereocenters. The zero-order valence-electron chi connectivity index (χ0n) is 13.2. The first-order chi connectivity index (χ1) is 9.94. The fourth-order valence-electron chi connectivity index (χ4n) is 4.10. The summed E-state index contributed by atoms with van der Waals surface area (Å²) in [6.07, 6.45) is 3.73. The van der Waals surface area contributed by atoms with Crippen molar-refractivity contribution in [2.45, 2.75) is 46.1 Å². The van der Waals surface area contributed by atoms with Gasteiger partial charge in [-0.05, 0) is 42.7 Å². The maximum Gasteiger partial charge on any atom is 0.123 e. The van der Waals surface area contributed by atoms with E-state index in [1.807, 2.05) is 18.2 Å². The smallest absolute Gasteiger partial charge is 0.123 e. The monoisotopic (exact) mass is 283 g/mol. The number of hydrogen-bond donors (Lipinski definition) is 2. The molecule has 0 aliphatic heterocycles. The first kappa shape index (κ1) is 14.2. The molecule has 1 fully saturated rings. The van der Waals surface area contributed by atoms with Gasteiger partial charge in [0.15, 0.2) is 0 Å². The summed E-state index contributed by atoms with van der Waals surface area (Å²) in [4.78, 5) is 0. The normalized spacial score (nSPS) is 24.9. The number of hydrogen-bond acceptors (Lipinski definition) is 2. The lowest BCUT2D eigenvalue weighted by Crippen LogP contribution is -2.35. The summed E-state index contributed by atoms with van der Waals surface area (Å²) in [5.74, 6) is 1.11. The highest BCUT2D eigenvalue weighted by molar-refractivity contribution is 5.97. The van der Waals surface area contributed by atoms with E-state index in [2.05, 4.69) is 38.2 Å². The Morgan fingerprint density at radius 3 is 2.52 bits per heavy atom. The second-order valence-electron chi connectivity index (χ2n) is 7.43. The van der Waals surface area contributed by atoms with Crippen LogP contribution in [0.15, 0.2) is 36.4 Å². The van der Waals surface area contributed by atoms with Crippen molar-refractivity contribution in [3.8, 4) is 5.75 Å². The van der Waals surface area contributed by atoms with Crippen LogP contribution in [0.5, 0.6) is 5.75 Å². The summed E-state index contributed by atoms with van der Waals surface area (Å²) in [5.41, 5.74) is 1.54. The van der Waals surface area contributed by atoms with E-state index in [1.54, 1.807) is 6.07 Å². The lowest BCUT2D eigenvalue weighted by molar-refractivity contribution is 0.178. The molecule has 0 heterocycles. The largest absolute Gasteiger partial charge is 0.507 e. The van der Waals surface area contributed by atoms with Crippen LogP contribution in [0.25, 0.3) is 10.8 Å². The number of nitrogens with one attached hydrogen (secondary N) is 1. The predicted molar refractivity (Wildman–Crippen MR) is 89.8 cm³/mol. The standard InChI is InChI=1S/C19H25NO/c1-13-10-14(12-19(2,3)11-13)20-17-8-4-7-16-15(17)6-5-9-18(16)21/h4-9,13-14,20-21H,10-12H2,1-3H3. The minimum Gasteiger partial charge on any atom is -0.507 e. The van der Waals surface area contributed by atoms with Gasteiger partial charge in [-0.1, -0.05) is 45.0 Å². The lowest BCUT2D eigenvalue weighted by Gasteiger charge is -2.39. The van der Waals surface area contributed by atoms with Gasteiger partial charge >= 0.3 is 0 Å². The summed E-state index contributed by atoms with van der Waals surface area (Å²) < 4.78 is 0. The summed E-state index contributed by atoms with van der Waals surface area (Å²) in [6, 6.07) is 12.4. The van der Waals surface area contributed by atoms with E-state index in [-0.39, 0.29) is 0 Å². The Labute approximate surface area is 127 Å². The molecule has 0 bridgehead atoms. The number of benzene rings is 2. The zero-order chi connectivity index (χ0) is 15.0. The van der Waals surface area contributed by atoms with Crippen LogP contribution in [-0.4, -0.2) is 11.1 Å². The van der Waals surface area contributed by atoms with Crippen molar-refractivity contribution in [2.24, 2.45) is 11.3 Å². The van der Waals surface area contributed by atoms with Crippen LogP contribution in [-0.2, 0) is 0 Å². The number of anilines is 1. The number of rotatable bonds is 2. The Morgan fingerprint density at radius 1 is 1.05 bits per heavy atom. The molecule has 0 spiro atoms. The Bertz CT molecular complexity index is 647. The average Bonchev–Trinajstić information content (AvgIpc) is 2.37. The summed E-state index contributed by atoms with van der Waals surface area (Å²) in [6.45, 7) is 7.09. The highest BCUT2D eigenvalue weighted by Gasteiger charge is 2.32. The van der Waals surface area contributed by atoms with Crippen molar-refractivity contribution in [2.75, 3.05) is 5.32 Å². The molecule has 2 heteroatoms. The van der Waals surface area contributed by atoms with E-state index >= 15 is 0 Å². The molecule has 21 heavy (non-hydrogen) atoms. The van der Waals surface area contributed by atoms with Crippen LogP contribution in [0.3, 0.4) is 0 Å². The van der Waals surface area contributed by atoms with Crippen LogP contribution in [0.2, 0.25) is 0 Å². The minimum atomic E-state index is 0.355. The third-order valence-electron chi connectivity index (χ3n) is 4.65. The molecule has 1 aliphatic carbocycles. The number of phenolic OH excluding ortho intramolecular Hbond substituents is 1. The molecule has 0 saturated heterocycles. The molecular weight excluding hydrogens is 258 g/mol. The van der Waals surface area contributed by atoms with Gasteiger partial charge in [0.05, 0.1) is 0 Å². The maximum absolute atomic E-state index is 10.00. The molecular formula is C19H25NO. The molecule has 112 valence electrons. The van der Waals surface area contributed by atoms with E-state index < -0.39 is 0 Å². The second kappa shape index (κ2) is 5.25. The van der Waals surface area contributed by atoms with Gasteiger partial charge in [-0.15, -0.1) is 0 Å². The quantitative estimate of drug-likeness (QED) is 0.796. The van der Waals surface area contributed by atoms with Gasteiger partial charge in [-0.25, -0.2) is 0 Å². The molecule has 0 radical (unpaired) electrons.